The molecule has 0 atom stereocenters. The average molecular weight is 362 g/mol. The fourth-order valence-electron chi connectivity index (χ4n) is 2.90. The Labute approximate surface area is 152 Å². The molecule has 0 saturated heterocycles. The molecule has 27 heavy (non-hydrogen) atoms. The molecule has 0 N–H and O–H groups in total. The van der Waals surface area contributed by atoms with E-state index in [0.29, 0.717) is 23.5 Å². The minimum atomic E-state index is -0.460. The van der Waals surface area contributed by atoms with Crippen molar-refractivity contribution in [1.29, 1.82) is 0 Å². The van der Waals surface area contributed by atoms with Crippen LogP contribution in [0.1, 0.15) is 11.1 Å². The highest BCUT2D eigenvalue weighted by Gasteiger charge is 2.12. The third-order valence-corrected chi connectivity index (χ3v) is 4.17. The lowest BCUT2D eigenvalue weighted by molar-refractivity contribution is -0.384. The highest BCUT2D eigenvalue weighted by molar-refractivity contribution is 5.80. The molecule has 0 aliphatic heterocycles. The number of non-ortho nitro benzene ring substituents is 1. The molecule has 8 heteroatoms. The van der Waals surface area contributed by atoms with Crippen molar-refractivity contribution in [2.24, 2.45) is 0 Å². The molecule has 0 unspecified atom stereocenters. The summed E-state index contributed by atoms with van der Waals surface area (Å²) in [6.45, 7) is 2.25. The number of benzene rings is 2. The van der Waals surface area contributed by atoms with Gasteiger partial charge in [-0.15, -0.1) is 0 Å². The maximum atomic E-state index is 11.9. The topological polar surface area (TPSA) is 104 Å². The fraction of sp³-hybridized carbons (Fsp3) is 0.105. The van der Waals surface area contributed by atoms with Crippen LogP contribution in [0.3, 0.4) is 0 Å². The highest BCUT2D eigenvalue weighted by Crippen LogP contribution is 2.22. The zero-order valence-corrected chi connectivity index (χ0v) is 14.3. The van der Waals surface area contributed by atoms with Crippen molar-refractivity contribution in [1.82, 2.24) is 14.8 Å². The van der Waals surface area contributed by atoms with Gasteiger partial charge in [0.25, 0.3) is 5.69 Å². The summed E-state index contributed by atoms with van der Waals surface area (Å²) >= 11 is 0. The second-order valence-corrected chi connectivity index (χ2v) is 6.16. The van der Waals surface area contributed by atoms with Gasteiger partial charge in [-0.05, 0) is 24.1 Å². The zero-order valence-electron chi connectivity index (χ0n) is 14.3. The molecule has 0 saturated carbocycles. The number of fused-ring (bicyclic) bond motifs is 1. The molecule has 0 bridgehead atoms. The van der Waals surface area contributed by atoms with E-state index in [2.05, 4.69) is 10.1 Å². The number of aromatic nitrogens is 3. The van der Waals surface area contributed by atoms with Crippen molar-refractivity contribution in [2.75, 3.05) is 0 Å². The first-order chi connectivity index (χ1) is 13.0. The molecule has 134 valence electrons. The monoisotopic (exact) mass is 362 g/mol. The molecular formula is C19H14N4O4. The van der Waals surface area contributed by atoms with Gasteiger partial charge in [0.1, 0.15) is 11.9 Å². The largest absolute Gasteiger partial charge is 0.423 e. The van der Waals surface area contributed by atoms with E-state index < -0.39 is 10.5 Å². The first kappa shape index (κ1) is 16.6. The number of aryl methyl sites for hydroxylation is 1. The third kappa shape index (κ3) is 3.32. The van der Waals surface area contributed by atoms with Crippen molar-refractivity contribution >= 4 is 16.7 Å². The number of hydrogen-bond acceptors (Lipinski definition) is 6. The van der Waals surface area contributed by atoms with Crippen LogP contribution in [0, 0.1) is 17.0 Å². The van der Waals surface area contributed by atoms with Gasteiger partial charge in [-0.2, -0.15) is 5.10 Å². The number of rotatable bonds is 4. The van der Waals surface area contributed by atoms with Crippen LogP contribution in [0.25, 0.3) is 22.4 Å². The normalized spacial score (nSPS) is 11.0. The molecule has 4 rings (SSSR count). The summed E-state index contributed by atoms with van der Waals surface area (Å²) in [4.78, 5) is 26.6. The van der Waals surface area contributed by atoms with E-state index in [9.17, 15) is 14.9 Å². The van der Waals surface area contributed by atoms with Gasteiger partial charge >= 0.3 is 5.63 Å². The summed E-state index contributed by atoms with van der Waals surface area (Å²) in [6, 6.07) is 13.2. The summed E-state index contributed by atoms with van der Waals surface area (Å²) in [5.74, 6) is 0.377. The standard InChI is InChI=1S/C19H14N4O4/c1-12-5-6-16-14(9-18(24)27-17(16)7-12)10-22-11-20-19(21-22)13-3-2-4-15(8-13)23(25)26/h2-9,11H,10H2,1H3. The maximum absolute atomic E-state index is 11.9. The van der Waals surface area contributed by atoms with Gasteiger partial charge in [-0.1, -0.05) is 24.3 Å². The Morgan fingerprint density at radius 2 is 2.04 bits per heavy atom. The van der Waals surface area contributed by atoms with Crippen LogP contribution in [-0.2, 0) is 6.54 Å². The van der Waals surface area contributed by atoms with E-state index in [1.54, 1.807) is 16.8 Å². The molecule has 0 spiro atoms. The van der Waals surface area contributed by atoms with Gasteiger partial charge in [0, 0.05) is 29.1 Å². The molecule has 0 amide bonds. The Kier molecular flexibility index (Phi) is 4.00. The fourth-order valence-corrected chi connectivity index (χ4v) is 2.90. The number of hydrogen-bond donors (Lipinski definition) is 0. The molecule has 2 heterocycles. The van der Waals surface area contributed by atoms with Gasteiger partial charge in [0.2, 0.25) is 0 Å². The minimum Gasteiger partial charge on any atom is -0.423 e. The lowest BCUT2D eigenvalue weighted by Gasteiger charge is -2.06. The predicted octanol–water partition coefficient (Wildman–Crippen LogP) is 3.32. The van der Waals surface area contributed by atoms with Crippen LogP contribution in [0.5, 0.6) is 0 Å². The smallest absolute Gasteiger partial charge is 0.336 e. The first-order valence-corrected chi connectivity index (χ1v) is 8.17. The van der Waals surface area contributed by atoms with Crippen LogP contribution >= 0.6 is 0 Å². The Bertz CT molecular complexity index is 1230. The summed E-state index contributed by atoms with van der Waals surface area (Å²) in [7, 11) is 0. The summed E-state index contributed by atoms with van der Waals surface area (Å²) in [5.41, 5.74) is 2.38. The van der Waals surface area contributed by atoms with E-state index in [4.69, 9.17) is 4.42 Å². The molecule has 2 aromatic carbocycles. The third-order valence-electron chi connectivity index (χ3n) is 4.17. The Hall–Kier alpha value is -3.81. The number of nitro benzene ring substituents is 1. The minimum absolute atomic E-state index is 0.0223. The van der Waals surface area contributed by atoms with Crippen LogP contribution in [0.4, 0.5) is 5.69 Å². The van der Waals surface area contributed by atoms with Gasteiger partial charge in [0.15, 0.2) is 5.82 Å². The van der Waals surface area contributed by atoms with Crippen LogP contribution in [0.15, 0.2) is 64.1 Å². The molecule has 0 fully saturated rings. The van der Waals surface area contributed by atoms with E-state index in [1.165, 1.54) is 24.5 Å². The molecule has 4 aromatic rings. The molecular weight excluding hydrogens is 348 g/mol. The van der Waals surface area contributed by atoms with Crippen molar-refractivity contribution in [3.05, 3.63) is 86.5 Å². The van der Waals surface area contributed by atoms with Crippen molar-refractivity contribution < 1.29 is 9.34 Å². The predicted molar refractivity (Wildman–Crippen MR) is 98.4 cm³/mol. The summed E-state index contributed by atoms with van der Waals surface area (Å²) in [6.07, 6.45) is 1.53. The van der Waals surface area contributed by atoms with Gasteiger partial charge in [-0.25, -0.2) is 14.5 Å². The number of nitro groups is 1. The van der Waals surface area contributed by atoms with Crippen LogP contribution in [-0.4, -0.2) is 19.7 Å². The molecule has 0 aliphatic carbocycles. The van der Waals surface area contributed by atoms with Gasteiger partial charge in [0.05, 0.1) is 11.5 Å². The first-order valence-electron chi connectivity index (χ1n) is 8.17. The lowest BCUT2D eigenvalue weighted by Crippen LogP contribution is -2.06. The summed E-state index contributed by atoms with van der Waals surface area (Å²) in [5, 5.41) is 16.1. The van der Waals surface area contributed by atoms with Crippen molar-refractivity contribution in [3.8, 4) is 11.4 Å². The molecule has 2 aromatic heterocycles. The second-order valence-electron chi connectivity index (χ2n) is 6.16. The summed E-state index contributed by atoms with van der Waals surface area (Å²) < 4.78 is 6.85. The van der Waals surface area contributed by atoms with Crippen molar-refractivity contribution in [2.45, 2.75) is 13.5 Å². The van der Waals surface area contributed by atoms with E-state index in [1.807, 2.05) is 25.1 Å². The Morgan fingerprint density at radius 1 is 1.19 bits per heavy atom. The SMILES string of the molecule is Cc1ccc2c(Cn3cnc(-c4cccc([N+](=O)[O-])c4)n3)cc(=O)oc2c1. The molecule has 0 radical (unpaired) electrons. The van der Waals surface area contributed by atoms with E-state index >= 15 is 0 Å². The Balaban J connectivity index is 1.69. The van der Waals surface area contributed by atoms with E-state index in [0.717, 1.165) is 16.5 Å². The van der Waals surface area contributed by atoms with Crippen LogP contribution < -0.4 is 5.63 Å². The molecule has 0 aliphatic rings. The Morgan fingerprint density at radius 3 is 2.85 bits per heavy atom. The van der Waals surface area contributed by atoms with Gasteiger partial charge < -0.3 is 4.42 Å². The zero-order chi connectivity index (χ0) is 19.0. The van der Waals surface area contributed by atoms with E-state index in [-0.39, 0.29) is 5.69 Å². The average Bonchev–Trinajstić information content (AvgIpc) is 3.10. The quantitative estimate of drug-likeness (QED) is 0.313. The van der Waals surface area contributed by atoms with Crippen molar-refractivity contribution in [3.63, 3.8) is 0 Å². The second kappa shape index (κ2) is 6.49. The van der Waals surface area contributed by atoms with Gasteiger partial charge in [-0.3, -0.25) is 10.1 Å². The molecule has 8 nitrogen and oxygen atoms in total. The highest BCUT2D eigenvalue weighted by atomic mass is 16.6. The lowest BCUT2D eigenvalue weighted by atomic mass is 10.1. The maximum Gasteiger partial charge on any atom is 0.336 e. The number of nitrogens with zero attached hydrogens (tertiary/aromatic N) is 4. The van der Waals surface area contributed by atoms with Crippen LogP contribution in [0.2, 0.25) is 0 Å².